The van der Waals surface area contributed by atoms with E-state index in [-0.39, 0.29) is 30.8 Å². The van der Waals surface area contributed by atoms with Gasteiger partial charge in [0.15, 0.2) is 0 Å². The minimum Gasteiger partial charge on any atom is -0.397 e. The van der Waals surface area contributed by atoms with E-state index in [0.717, 1.165) is 12.8 Å². The van der Waals surface area contributed by atoms with Crippen molar-refractivity contribution in [3.05, 3.63) is 23.2 Å². The van der Waals surface area contributed by atoms with Gasteiger partial charge in [0.1, 0.15) is 6.61 Å². The van der Waals surface area contributed by atoms with Crippen molar-refractivity contribution in [2.45, 2.75) is 45.0 Å². The SMILES string of the molecule is CC1CC(OCC(=O)Nc2cc(Cl)ccc2N)CC(C)O1. The van der Waals surface area contributed by atoms with Gasteiger partial charge in [-0.05, 0) is 44.9 Å². The highest BCUT2D eigenvalue weighted by Crippen LogP contribution is 2.24. The lowest BCUT2D eigenvalue weighted by Crippen LogP contribution is -2.35. The quantitative estimate of drug-likeness (QED) is 0.838. The number of rotatable bonds is 4. The van der Waals surface area contributed by atoms with Gasteiger partial charge in [-0.15, -0.1) is 0 Å². The van der Waals surface area contributed by atoms with E-state index in [0.29, 0.717) is 16.4 Å². The van der Waals surface area contributed by atoms with Crippen molar-refractivity contribution >= 4 is 28.9 Å². The molecule has 5 nitrogen and oxygen atoms in total. The van der Waals surface area contributed by atoms with Gasteiger partial charge in [-0.1, -0.05) is 11.6 Å². The molecule has 0 saturated carbocycles. The molecule has 116 valence electrons. The lowest BCUT2D eigenvalue weighted by molar-refractivity contribution is -0.131. The molecule has 0 aliphatic carbocycles. The fraction of sp³-hybridized carbons (Fsp3) is 0.533. The Morgan fingerprint density at radius 3 is 2.76 bits per heavy atom. The lowest BCUT2D eigenvalue weighted by Gasteiger charge is -2.31. The summed E-state index contributed by atoms with van der Waals surface area (Å²) in [5.74, 6) is -0.240. The van der Waals surface area contributed by atoms with Crippen LogP contribution in [0.3, 0.4) is 0 Å². The van der Waals surface area contributed by atoms with Crippen molar-refractivity contribution in [3.8, 4) is 0 Å². The van der Waals surface area contributed by atoms with Gasteiger partial charge in [-0.2, -0.15) is 0 Å². The number of hydrogen-bond donors (Lipinski definition) is 2. The summed E-state index contributed by atoms with van der Waals surface area (Å²) in [5.41, 5.74) is 6.76. The first-order chi connectivity index (χ1) is 9.94. The number of anilines is 2. The van der Waals surface area contributed by atoms with Gasteiger partial charge in [0, 0.05) is 5.02 Å². The van der Waals surface area contributed by atoms with Gasteiger partial charge in [-0.3, -0.25) is 4.79 Å². The summed E-state index contributed by atoms with van der Waals surface area (Å²) in [5, 5.41) is 3.23. The van der Waals surface area contributed by atoms with Gasteiger partial charge in [-0.25, -0.2) is 0 Å². The Morgan fingerprint density at radius 1 is 1.43 bits per heavy atom. The maximum Gasteiger partial charge on any atom is 0.250 e. The number of ether oxygens (including phenoxy) is 2. The van der Waals surface area contributed by atoms with Crippen molar-refractivity contribution in [3.63, 3.8) is 0 Å². The normalized spacial score (nSPS) is 25.6. The third kappa shape index (κ3) is 4.88. The standard InChI is InChI=1S/C15H21ClN2O3/c1-9-5-12(6-10(2)21-9)20-8-15(19)18-14-7-11(16)3-4-13(14)17/h3-4,7,9-10,12H,5-6,8,17H2,1-2H3,(H,18,19). The van der Waals surface area contributed by atoms with Crippen LogP contribution in [0.15, 0.2) is 18.2 Å². The summed E-state index contributed by atoms with van der Waals surface area (Å²) in [6, 6.07) is 4.95. The molecule has 2 unspecified atom stereocenters. The minimum absolute atomic E-state index is 0.00391. The summed E-state index contributed by atoms with van der Waals surface area (Å²) in [7, 11) is 0. The molecule has 1 aromatic carbocycles. The molecule has 2 atom stereocenters. The number of amides is 1. The molecular weight excluding hydrogens is 292 g/mol. The molecule has 0 bridgehead atoms. The topological polar surface area (TPSA) is 73.6 Å². The molecular formula is C15H21ClN2O3. The highest BCUT2D eigenvalue weighted by atomic mass is 35.5. The van der Waals surface area contributed by atoms with Crippen LogP contribution in [0.4, 0.5) is 11.4 Å². The number of halogens is 1. The summed E-state index contributed by atoms with van der Waals surface area (Å²) >= 11 is 5.88. The van der Waals surface area contributed by atoms with Crippen LogP contribution in [0.1, 0.15) is 26.7 Å². The van der Waals surface area contributed by atoms with E-state index in [4.69, 9.17) is 26.8 Å². The Labute approximate surface area is 129 Å². The first kappa shape index (κ1) is 16.1. The van der Waals surface area contributed by atoms with Crippen LogP contribution in [-0.4, -0.2) is 30.8 Å². The molecule has 1 fully saturated rings. The highest BCUT2D eigenvalue weighted by molar-refractivity contribution is 6.31. The van der Waals surface area contributed by atoms with Crippen molar-refractivity contribution < 1.29 is 14.3 Å². The smallest absolute Gasteiger partial charge is 0.250 e. The first-order valence-corrected chi connectivity index (χ1v) is 7.43. The van der Waals surface area contributed by atoms with Crippen molar-refractivity contribution in [2.24, 2.45) is 0 Å². The van der Waals surface area contributed by atoms with E-state index < -0.39 is 0 Å². The Kier molecular flexibility index (Phi) is 5.45. The van der Waals surface area contributed by atoms with Gasteiger partial charge >= 0.3 is 0 Å². The average molecular weight is 313 g/mol. The molecule has 3 N–H and O–H groups in total. The molecule has 1 saturated heterocycles. The van der Waals surface area contributed by atoms with Gasteiger partial charge in [0.05, 0.1) is 29.7 Å². The molecule has 1 aliphatic rings. The van der Waals surface area contributed by atoms with E-state index in [1.165, 1.54) is 0 Å². The maximum atomic E-state index is 11.9. The average Bonchev–Trinajstić information content (AvgIpc) is 2.40. The van der Waals surface area contributed by atoms with E-state index >= 15 is 0 Å². The Morgan fingerprint density at radius 2 is 2.10 bits per heavy atom. The molecule has 21 heavy (non-hydrogen) atoms. The van der Waals surface area contributed by atoms with Crippen LogP contribution in [-0.2, 0) is 14.3 Å². The number of carbonyl (C=O) groups excluding carboxylic acids is 1. The number of hydrogen-bond acceptors (Lipinski definition) is 4. The largest absolute Gasteiger partial charge is 0.397 e. The van der Waals surface area contributed by atoms with Crippen LogP contribution in [0, 0.1) is 0 Å². The molecule has 0 aromatic heterocycles. The Bertz CT molecular complexity index is 500. The summed E-state index contributed by atoms with van der Waals surface area (Å²) in [4.78, 5) is 11.9. The second-order valence-electron chi connectivity index (χ2n) is 5.44. The molecule has 6 heteroatoms. The lowest BCUT2D eigenvalue weighted by atomic mass is 10.0. The number of nitrogens with one attached hydrogen (secondary N) is 1. The second-order valence-corrected chi connectivity index (χ2v) is 5.88. The molecule has 0 spiro atoms. The molecule has 1 amide bonds. The van der Waals surface area contributed by atoms with Gasteiger partial charge in [0.25, 0.3) is 0 Å². The molecule has 0 radical (unpaired) electrons. The second kappa shape index (κ2) is 7.11. The number of carbonyl (C=O) groups is 1. The number of benzene rings is 1. The van der Waals surface area contributed by atoms with Crippen molar-refractivity contribution in [2.75, 3.05) is 17.7 Å². The van der Waals surface area contributed by atoms with Crippen LogP contribution in [0.2, 0.25) is 5.02 Å². The summed E-state index contributed by atoms with van der Waals surface area (Å²) in [6.45, 7) is 4.02. The Hall–Kier alpha value is -1.30. The molecule has 1 aliphatic heterocycles. The first-order valence-electron chi connectivity index (χ1n) is 7.06. The van der Waals surface area contributed by atoms with Crippen LogP contribution in [0.25, 0.3) is 0 Å². The third-order valence-electron chi connectivity index (χ3n) is 3.39. The minimum atomic E-state index is -0.240. The fourth-order valence-electron chi connectivity index (χ4n) is 2.50. The summed E-state index contributed by atoms with van der Waals surface area (Å²) in [6.07, 6.45) is 1.97. The molecule has 2 rings (SSSR count). The van der Waals surface area contributed by atoms with E-state index in [1.54, 1.807) is 18.2 Å². The zero-order valence-electron chi connectivity index (χ0n) is 12.3. The predicted molar refractivity (Wildman–Crippen MR) is 83.5 cm³/mol. The number of nitrogen functional groups attached to an aromatic ring is 1. The molecule has 1 aromatic rings. The van der Waals surface area contributed by atoms with Crippen molar-refractivity contribution in [1.29, 1.82) is 0 Å². The zero-order valence-corrected chi connectivity index (χ0v) is 13.0. The van der Waals surface area contributed by atoms with Crippen LogP contribution < -0.4 is 11.1 Å². The maximum absolute atomic E-state index is 11.9. The highest BCUT2D eigenvalue weighted by Gasteiger charge is 2.25. The fourth-order valence-corrected chi connectivity index (χ4v) is 2.67. The van der Waals surface area contributed by atoms with Gasteiger partial charge in [0.2, 0.25) is 5.91 Å². The van der Waals surface area contributed by atoms with E-state index in [2.05, 4.69) is 5.32 Å². The monoisotopic (exact) mass is 312 g/mol. The van der Waals surface area contributed by atoms with Crippen LogP contribution in [0.5, 0.6) is 0 Å². The van der Waals surface area contributed by atoms with E-state index in [1.807, 2.05) is 13.8 Å². The van der Waals surface area contributed by atoms with Crippen LogP contribution >= 0.6 is 11.6 Å². The third-order valence-corrected chi connectivity index (χ3v) is 3.63. The zero-order chi connectivity index (χ0) is 15.4. The Balaban J connectivity index is 1.83. The van der Waals surface area contributed by atoms with Gasteiger partial charge < -0.3 is 20.5 Å². The summed E-state index contributed by atoms with van der Waals surface area (Å²) < 4.78 is 11.3. The van der Waals surface area contributed by atoms with E-state index in [9.17, 15) is 4.79 Å². The van der Waals surface area contributed by atoms with Crippen molar-refractivity contribution in [1.82, 2.24) is 0 Å². The molecule has 1 heterocycles. The number of nitrogens with two attached hydrogens (primary N) is 1. The predicted octanol–water partition coefficient (Wildman–Crippen LogP) is 2.83.